The molecule has 44 heavy (non-hydrogen) atoms. The number of amides is 3. The smallest absolute Gasteiger partial charge is 0.253 e. The van der Waals surface area contributed by atoms with Crippen LogP contribution in [0.25, 0.3) is 0 Å². The molecular weight excluding hydrogens is 578 g/mol. The predicted octanol–water partition coefficient (Wildman–Crippen LogP) is 4.86. The molecule has 2 unspecified atom stereocenters. The number of ether oxygens (including phenoxy) is 1. The minimum atomic E-state index is -1.23. The predicted molar refractivity (Wildman–Crippen MR) is 171 cm³/mol. The molecular formula is C35H42ClN3O5. The molecule has 234 valence electrons. The first-order chi connectivity index (χ1) is 21.0. The Morgan fingerprint density at radius 1 is 1.07 bits per heavy atom. The van der Waals surface area contributed by atoms with Crippen LogP contribution in [-0.4, -0.2) is 75.6 Å². The van der Waals surface area contributed by atoms with Gasteiger partial charge in [0.2, 0.25) is 11.8 Å². The van der Waals surface area contributed by atoms with E-state index in [2.05, 4.69) is 13.2 Å². The molecule has 0 radical (unpaired) electrons. The molecule has 2 bridgehead atoms. The number of fused-ring (bicyclic) bond motifs is 1. The maximum atomic E-state index is 14.8. The lowest BCUT2D eigenvalue weighted by atomic mass is 9.66. The largest absolute Gasteiger partial charge is 0.394 e. The SMILES string of the molecule is C=CCN(Cc1ccccc1)C(=O)[C@@H]1[C@H]2C(=O)N([C@@H](CO)C(C)C)C(C(=O)N(CC=C)c3ccc(Cl)cc3)C23CC[C@@]1(C)O3. The lowest BCUT2D eigenvalue weighted by molar-refractivity contribution is -0.153. The van der Waals surface area contributed by atoms with Gasteiger partial charge in [-0.25, -0.2) is 0 Å². The molecule has 2 aromatic carbocycles. The standard InChI is InChI=1S/C35H42ClN3O5/c1-6-19-37(21-24-11-9-8-10-12-24)31(41)28-29-32(42)39(27(22-40)23(3)4)30(35(29)18-17-34(28,5)44-35)33(43)38(20-7-2)26-15-13-25(36)14-16-26/h6-16,23,27-30,40H,1-2,17-22H2,3-5H3/t27-,28-,29-,30?,34+,35?/m0/s1. The van der Waals surface area contributed by atoms with Crippen LogP contribution in [0.3, 0.4) is 0 Å². The van der Waals surface area contributed by atoms with Crippen molar-refractivity contribution < 1.29 is 24.2 Å². The number of benzene rings is 2. The Morgan fingerprint density at radius 3 is 2.32 bits per heavy atom. The van der Waals surface area contributed by atoms with Crippen molar-refractivity contribution in [1.82, 2.24) is 9.80 Å². The van der Waals surface area contributed by atoms with Gasteiger partial charge in [0.15, 0.2) is 0 Å². The fourth-order valence-electron chi connectivity index (χ4n) is 7.61. The molecule has 2 aromatic rings. The summed E-state index contributed by atoms with van der Waals surface area (Å²) in [5.74, 6) is -2.71. The van der Waals surface area contributed by atoms with E-state index in [0.29, 0.717) is 36.6 Å². The number of anilines is 1. The zero-order valence-electron chi connectivity index (χ0n) is 25.7. The van der Waals surface area contributed by atoms with Crippen LogP contribution >= 0.6 is 11.6 Å². The summed E-state index contributed by atoms with van der Waals surface area (Å²) in [6, 6.07) is 14.9. The molecule has 0 saturated carbocycles. The van der Waals surface area contributed by atoms with Crippen LogP contribution < -0.4 is 4.90 Å². The van der Waals surface area contributed by atoms with Crippen LogP contribution in [0.5, 0.6) is 0 Å². The molecule has 3 saturated heterocycles. The molecule has 3 aliphatic rings. The highest BCUT2D eigenvalue weighted by Gasteiger charge is 2.79. The van der Waals surface area contributed by atoms with Crippen molar-refractivity contribution in [3.05, 3.63) is 90.5 Å². The van der Waals surface area contributed by atoms with Gasteiger partial charge in [0.1, 0.15) is 11.6 Å². The third-order valence-electron chi connectivity index (χ3n) is 9.62. The van der Waals surface area contributed by atoms with Crippen molar-refractivity contribution in [2.24, 2.45) is 17.8 Å². The highest BCUT2D eigenvalue weighted by molar-refractivity contribution is 6.30. The van der Waals surface area contributed by atoms with Gasteiger partial charge < -0.3 is 24.5 Å². The van der Waals surface area contributed by atoms with Crippen molar-refractivity contribution in [2.75, 3.05) is 24.6 Å². The fourth-order valence-corrected chi connectivity index (χ4v) is 7.73. The summed E-state index contributed by atoms with van der Waals surface area (Å²) in [5, 5.41) is 11.1. The van der Waals surface area contributed by atoms with Gasteiger partial charge >= 0.3 is 0 Å². The monoisotopic (exact) mass is 619 g/mol. The third kappa shape index (κ3) is 5.27. The Hall–Kier alpha value is -3.46. The second-order valence-electron chi connectivity index (χ2n) is 12.7. The molecule has 0 aliphatic carbocycles. The zero-order chi connectivity index (χ0) is 31.8. The molecule has 3 fully saturated rings. The lowest BCUT2D eigenvalue weighted by Crippen LogP contribution is -2.60. The van der Waals surface area contributed by atoms with Gasteiger partial charge in [0, 0.05) is 30.3 Å². The van der Waals surface area contributed by atoms with E-state index in [1.807, 2.05) is 51.1 Å². The van der Waals surface area contributed by atoms with E-state index in [0.717, 1.165) is 5.56 Å². The van der Waals surface area contributed by atoms with E-state index < -0.39 is 35.1 Å². The summed E-state index contributed by atoms with van der Waals surface area (Å²) in [6.45, 7) is 14.0. The summed E-state index contributed by atoms with van der Waals surface area (Å²) in [7, 11) is 0. The third-order valence-corrected chi connectivity index (χ3v) is 9.87. The molecule has 9 heteroatoms. The number of hydrogen-bond donors (Lipinski definition) is 1. The first-order valence-electron chi connectivity index (χ1n) is 15.3. The van der Waals surface area contributed by atoms with Gasteiger partial charge in [-0.05, 0) is 55.5 Å². The molecule has 8 nitrogen and oxygen atoms in total. The Labute approximate surface area is 264 Å². The van der Waals surface area contributed by atoms with Crippen LogP contribution in [0.1, 0.15) is 39.2 Å². The number of carbonyl (C=O) groups is 3. The number of hydrogen-bond acceptors (Lipinski definition) is 5. The zero-order valence-corrected chi connectivity index (χ0v) is 26.5. The number of rotatable bonds is 12. The number of aliphatic hydroxyl groups is 1. The summed E-state index contributed by atoms with van der Waals surface area (Å²) in [6.07, 6.45) is 4.27. The van der Waals surface area contributed by atoms with Crippen LogP contribution in [0.15, 0.2) is 79.9 Å². The molecule has 3 aliphatic heterocycles. The van der Waals surface area contributed by atoms with Gasteiger partial charge in [-0.3, -0.25) is 14.4 Å². The van der Waals surface area contributed by atoms with Gasteiger partial charge in [-0.15, -0.1) is 13.2 Å². The van der Waals surface area contributed by atoms with Gasteiger partial charge in [0.05, 0.1) is 30.1 Å². The quantitative estimate of drug-likeness (QED) is 0.343. The number of aliphatic hydroxyl groups excluding tert-OH is 1. The van der Waals surface area contributed by atoms with Crippen molar-refractivity contribution in [3.8, 4) is 0 Å². The number of halogens is 1. The molecule has 1 spiro atoms. The topological polar surface area (TPSA) is 90.4 Å². The van der Waals surface area contributed by atoms with Crippen LogP contribution in [0.2, 0.25) is 5.02 Å². The van der Waals surface area contributed by atoms with Crippen LogP contribution in [0.4, 0.5) is 5.69 Å². The summed E-state index contributed by atoms with van der Waals surface area (Å²) < 4.78 is 6.86. The molecule has 3 amide bonds. The van der Waals surface area contributed by atoms with Crippen molar-refractivity contribution in [1.29, 1.82) is 0 Å². The van der Waals surface area contributed by atoms with Gasteiger partial charge in [-0.2, -0.15) is 0 Å². The van der Waals surface area contributed by atoms with Crippen LogP contribution in [0, 0.1) is 17.8 Å². The van der Waals surface area contributed by atoms with E-state index >= 15 is 0 Å². The summed E-state index contributed by atoms with van der Waals surface area (Å²) in [5.41, 5.74) is -0.608. The Bertz CT molecular complexity index is 1420. The second kappa shape index (κ2) is 12.5. The van der Waals surface area contributed by atoms with Gasteiger partial charge in [-0.1, -0.05) is 67.9 Å². The minimum Gasteiger partial charge on any atom is -0.394 e. The normalized spacial score (nSPS) is 27.7. The molecule has 6 atom stereocenters. The molecule has 3 heterocycles. The minimum absolute atomic E-state index is 0.157. The fraction of sp³-hybridized carbons (Fsp3) is 0.457. The first kappa shape index (κ1) is 31.9. The van der Waals surface area contributed by atoms with Crippen molar-refractivity contribution in [3.63, 3.8) is 0 Å². The van der Waals surface area contributed by atoms with E-state index in [1.165, 1.54) is 4.90 Å². The molecule has 1 N–H and O–H groups in total. The number of carbonyl (C=O) groups excluding carboxylic acids is 3. The maximum Gasteiger partial charge on any atom is 0.253 e. The highest BCUT2D eigenvalue weighted by atomic mass is 35.5. The van der Waals surface area contributed by atoms with E-state index in [1.54, 1.807) is 46.2 Å². The first-order valence-corrected chi connectivity index (χ1v) is 15.7. The van der Waals surface area contributed by atoms with E-state index in [4.69, 9.17) is 16.3 Å². The summed E-state index contributed by atoms with van der Waals surface area (Å²) in [4.78, 5) is 48.8. The molecule has 5 rings (SSSR count). The average Bonchev–Trinajstić information content (AvgIpc) is 3.57. The Balaban J connectivity index is 1.60. The Kier molecular flexibility index (Phi) is 9.08. The number of likely N-dealkylation sites (tertiary alicyclic amines) is 1. The van der Waals surface area contributed by atoms with E-state index in [9.17, 15) is 19.5 Å². The van der Waals surface area contributed by atoms with E-state index in [-0.39, 0.29) is 36.8 Å². The van der Waals surface area contributed by atoms with Gasteiger partial charge in [0.25, 0.3) is 5.91 Å². The second-order valence-corrected chi connectivity index (χ2v) is 13.1. The number of nitrogens with zero attached hydrogens (tertiary/aromatic N) is 3. The highest BCUT2D eigenvalue weighted by Crippen LogP contribution is 2.64. The lowest BCUT2D eigenvalue weighted by Gasteiger charge is -2.40. The Morgan fingerprint density at radius 2 is 1.73 bits per heavy atom. The van der Waals surface area contributed by atoms with Crippen molar-refractivity contribution >= 4 is 35.0 Å². The average molecular weight is 620 g/mol. The van der Waals surface area contributed by atoms with Crippen molar-refractivity contribution in [2.45, 2.75) is 63.4 Å². The van der Waals surface area contributed by atoms with Crippen LogP contribution in [-0.2, 0) is 25.7 Å². The molecule has 0 aromatic heterocycles. The maximum absolute atomic E-state index is 14.8. The summed E-state index contributed by atoms with van der Waals surface area (Å²) >= 11 is 6.15.